The van der Waals surface area contributed by atoms with Crippen LogP contribution in [0.1, 0.15) is 10.6 Å². The number of nitrogens with zero attached hydrogens (tertiary/aromatic N) is 4. The fourth-order valence-electron chi connectivity index (χ4n) is 1.07. The van der Waals surface area contributed by atoms with Crippen molar-refractivity contribution in [3.05, 3.63) is 23.0 Å². The van der Waals surface area contributed by atoms with E-state index in [9.17, 15) is 0 Å². The van der Waals surface area contributed by atoms with Gasteiger partial charge in [-0.1, -0.05) is 0 Å². The van der Waals surface area contributed by atoms with Crippen molar-refractivity contribution in [3.63, 3.8) is 0 Å². The van der Waals surface area contributed by atoms with Crippen molar-refractivity contribution in [1.29, 1.82) is 0 Å². The Labute approximate surface area is 85.8 Å². The quantitative estimate of drug-likeness (QED) is 0.825. The van der Waals surface area contributed by atoms with E-state index in [-0.39, 0.29) is 0 Å². The molecule has 74 valence electrons. The molecule has 2 heterocycles. The number of rotatable bonds is 3. The minimum Gasteiger partial charge on any atom is -0.356 e. The lowest BCUT2D eigenvalue weighted by Crippen LogP contribution is -2.00. The maximum absolute atomic E-state index is 4.19. The fourth-order valence-corrected chi connectivity index (χ4v) is 1.73. The molecular formula is C8H11N5S. The van der Waals surface area contributed by atoms with Gasteiger partial charge in [0.25, 0.3) is 0 Å². The summed E-state index contributed by atoms with van der Waals surface area (Å²) in [5.74, 6) is 0. The van der Waals surface area contributed by atoms with Gasteiger partial charge in [-0.05, 0) is 6.92 Å². The number of hydrogen-bond acceptors (Lipinski definition) is 5. The molecule has 2 rings (SSSR count). The van der Waals surface area contributed by atoms with Gasteiger partial charge in [-0.3, -0.25) is 0 Å². The summed E-state index contributed by atoms with van der Waals surface area (Å²) >= 11 is 1.64. The van der Waals surface area contributed by atoms with E-state index in [0.717, 1.165) is 10.8 Å². The largest absolute Gasteiger partial charge is 0.356 e. The van der Waals surface area contributed by atoms with Crippen molar-refractivity contribution in [3.8, 4) is 0 Å². The van der Waals surface area contributed by atoms with Crippen LogP contribution >= 0.6 is 11.3 Å². The van der Waals surface area contributed by atoms with Crippen molar-refractivity contribution in [2.75, 3.05) is 5.32 Å². The summed E-state index contributed by atoms with van der Waals surface area (Å²) in [5, 5.41) is 12.2. The van der Waals surface area contributed by atoms with Crippen molar-refractivity contribution in [2.45, 2.75) is 13.5 Å². The Bertz CT molecular complexity index is 379. The Morgan fingerprint density at radius 3 is 2.93 bits per heavy atom. The first-order valence-corrected chi connectivity index (χ1v) is 5.07. The molecule has 0 amide bonds. The highest BCUT2D eigenvalue weighted by Crippen LogP contribution is 2.16. The lowest BCUT2D eigenvalue weighted by molar-refractivity contribution is 0.646. The molecule has 0 saturated carbocycles. The van der Waals surface area contributed by atoms with Crippen LogP contribution in [0.2, 0.25) is 0 Å². The summed E-state index contributed by atoms with van der Waals surface area (Å²) in [6.45, 7) is 2.70. The number of hydrogen-bond donors (Lipinski definition) is 1. The summed E-state index contributed by atoms with van der Waals surface area (Å²) < 4.78 is 0. The molecule has 0 saturated heterocycles. The molecule has 0 aliphatic carbocycles. The lowest BCUT2D eigenvalue weighted by atomic mass is 10.5. The monoisotopic (exact) mass is 209 g/mol. The average Bonchev–Trinajstić information content (AvgIpc) is 2.72. The summed E-state index contributed by atoms with van der Waals surface area (Å²) in [6, 6.07) is 0. The van der Waals surface area contributed by atoms with Gasteiger partial charge in [0.05, 0.1) is 12.7 Å². The molecular weight excluding hydrogens is 198 g/mol. The summed E-state index contributed by atoms with van der Waals surface area (Å²) in [6.07, 6.45) is 3.59. The van der Waals surface area contributed by atoms with Crippen LogP contribution in [0, 0.1) is 6.92 Å². The predicted octanol–water partition coefficient (Wildman–Crippen LogP) is 1.19. The maximum atomic E-state index is 4.19. The highest BCUT2D eigenvalue weighted by molar-refractivity contribution is 7.15. The highest BCUT2D eigenvalue weighted by Gasteiger charge is 2.00. The zero-order valence-electron chi connectivity index (χ0n) is 8.06. The number of aryl methyl sites for hydroxylation is 2. The van der Waals surface area contributed by atoms with E-state index in [1.165, 1.54) is 4.88 Å². The van der Waals surface area contributed by atoms with Crippen molar-refractivity contribution in [2.24, 2.45) is 7.05 Å². The minimum absolute atomic E-state index is 0.667. The van der Waals surface area contributed by atoms with Crippen LogP contribution in [0.3, 0.4) is 0 Å². The van der Waals surface area contributed by atoms with Crippen molar-refractivity contribution in [1.82, 2.24) is 20.0 Å². The second-order valence-electron chi connectivity index (χ2n) is 2.95. The molecule has 0 fully saturated rings. The molecule has 6 heteroatoms. The Morgan fingerprint density at radius 2 is 2.36 bits per heavy atom. The Balaban J connectivity index is 1.94. The Kier molecular flexibility index (Phi) is 2.45. The van der Waals surface area contributed by atoms with E-state index >= 15 is 0 Å². The number of thiazole rings is 1. The number of aromatic nitrogens is 4. The van der Waals surface area contributed by atoms with Crippen molar-refractivity contribution < 1.29 is 0 Å². The molecule has 1 N–H and O–H groups in total. The van der Waals surface area contributed by atoms with Gasteiger partial charge in [0.15, 0.2) is 5.13 Å². The first-order valence-electron chi connectivity index (χ1n) is 4.25. The summed E-state index contributed by atoms with van der Waals surface area (Å²) in [7, 11) is 1.80. The van der Waals surface area contributed by atoms with E-state index in [4.69, 9.17) is 0 Å². The van der Waals surface area contributed by atoms with Crippen molar-refractivity contribution >= 4 is 16.5 Å². The normalized spacial score (nSPS) is 10.4. The topological polar surface area (TPSA) is 55.6 Å². The zero-order chi connectivity index (χ0) is 9.97. The molecule has 2 aromatic heterocycles. The van der Waals surface area contributed by atoms with Gasteiger partial charge in [-0.15, -0.1) is 11.3 Å². The van der Waals surface area contributed by atoms with Crippen LogP contribution in [-0.4, -0.2) is 20.0 Å². The van der Waals surface area contributed by atoms with E-state index in [1.54, 1.807) is 29.4 Å². The molecule has 14 heavy (non-hydrogen) atoms. The van der Waals surface area contributed by atoms with Gasteiger partial charge in [0, 0.05) is 18.1 Å². The summed E-state index contributed by atoms with van der Waals surface area (Å²) in [5.41, 5.74) is 0.917. The van der Waals surface area contributed by atoms with Gasteiger partial charge in [0.1, 0.15) is 5.69 Å². The standard InChI is InChI=1S/C8H11N5S/c1-6-3-9-8(14-6)10-4-7-5-11-13(2)12-7/h3,5H,4H2,1-2H3,(H,9,10). The van der Waals surface area contributed by atoms with E-state index in [0.29, 0.717) is 6.54 Å². The first kappa shape index (κ1) is 9.14. The highest BCUT2D eigenvalue weighted by atomic mass is 32.1. The van der Waals surface area contributed by atoms with Crippen LogP contribution < -0.4 is 5.32 Å². The first-order chi connectivity index (χ1) is 6.74. The van der Waals surface area contributed by atoms with Gasteiger partial charge in [-0.2, -0.15) is 15.0 Å². The predicted molar refractivity (Wildman–Crippen MR) is 55.2 cm³/mol. The van der Waals surface area contributed by atoms with Crippen LogP contribution in [0.4, 0.5) is 5.13 Å². The SMILES string of the molecule is Cc1cnc(NCc2cnn(C)n2)s1. The van der Waals surface area contributed by atoms with Gasteiger partial charge in [0.2, 0.25) is 0 Å². The fraction of sp³-hybridized carbons (Fsp3) is 0.375. The lowest BCUT2D eigenvalue weighted by Gasteiger charge is -1.96. The Morgan fingerprint density at radius 1 is 1.50 bits per heavy atom. The van der Waals surface area contributed by atoms with Crippen LogP contribution in [0.15, 0.2) is 12.4 Å². The molecule has 2 aromatic rings. The van der Waals surface area contributed by atoms with Crippen LogP contribution in [-0.2, 0) is 13.6 Å². The Hall–Kier alpha value is -1.43. The number of anilines is 1. The summed E-state index contributed by atoms with van der Waals surface area (Å²) in [4.78, 5) is 6.94. The second kappa shape index (κ2) is 3.75. The molecule has 0 aliphatic heterocycles. The molecule has 5 nitrogen and oxygen atoms in total. The third-order valence-electron chi connectivity index (χ3n) is 1.69. The molecule has 0 unspecified atom stereocenters. The van der Waals surface area contributed by atoms with Gasteiger partial charge >= 0.3 is 0 Å². The van der Waals surface area contributed by atoms with Gasteiger partial charge < -0.3 is 5.32 Å². The second-order valence-corrected chi connectivity index (χ2v) is 4.19. The maximum Gasteiger partial charge on any atom is 0.183 e. The van der Waals surface area contributed by atoms with E-state index in [2.05, 4.69) is 20.5 Å². The number of nitrogens with one attached hydrogen (secondary N) is 1. The van der Waals surface area contributed by atoms with Crippen LogP contribution in [0.5, 0.6) is 0 Å². The third-order valence-corrected chi connectivity index (χ3v) is 2.56. The molecule has 0 radical (unpaired) electrons. The third kappa shape index (κ3) is 2.08. The average molecular weight is 209 g/mol. The minimum atomic E-state index is 0.667. The molecule has 0 bridgehead atoms. The molecule has 0 atom stereocenters. The molecule has 0 aromatic carbocycles. The van der Waals surface area contributed by atoms with E-state index in [1.807, 2.05) is 13.1 Å². The zero-order valence-corrected chi connectivity index (χ0v) is 8.88. The van der Waals surface area contributed by atoms with E-state index < -0.39 is 0 Å². The van der Waals surface area contributed by atoms with Gasteiger partial charge in [-0.25, -0.2) is 4.98 Å². The van der Waals surface area contributed by atoms with Crippen LogP contribution in [0.25, 0.3) is 0 Å². The molecule has 0 spiro atoms. The molecule has 0 aliphatic rings. The smallest absolute Gasteiger partial charge is 0.183 e.